The van der Waals surface area contributed by atoms with E-state index in [9.17, 15) is 0 Å². The lowest BCUT2D eigenvalue weighted by atomic mass is 9.78. The van der Waals surface area contributed by atoms with E-state index < -0.39 is 0 Å². The second-order valence-corrected chi connectivity index (χ2v) is 5.95. The van der Waals surface area contributed by atoms with Gasteiger partial charge in [0.1, 0.15) is 18.2 Å². The van der Waals surface area contributed by atoms with Gasteiger partial charge in [0.2, 0.25) is 0 Å². The molecule has 0 radical (unpaired) electrons. The van der Waals surface area contributed by atoms with E-state index in [1.54, 1.807) is 7.11 Å². The molecule has 0 spiro atoms. The molecular formula is C15H24N4O. The molecule has 1 saturated heterocycles. The summed E-state index contributed by atoms with van der Waals surface area (Å²) in [5.74, 6) is 3.04. The van der Waals surface area contributed by atoms with Crippen molar-refractivity contribution in [3.05, 3.63) is 11.9 Å². The first kappa shape index (κ1) is 13.6. The van der Waals surface area contributed by atoms with Gasteiger partial charge in [-0.05, 0) is 31.6 Å². The van der Waals surface area contributed by atoms with Gasteiger partial charge in [-0.15, -0.1) is 0 Å². The van der Waals surface area contributed by atoms with E-state index in [-0.39, 0.29) is 0 Å². The number of fused-ring (bicyclic) bond motifs is 1. The van der Waals surface area contributed by atoms with Crippen LogP contribution in [0.3, 0.4) is 0 Å². The molecule has 0 aromatic carbocycles. The van der Waals surface area contributed by atoms with E-state index in [1.165, 1.54) is 38.5 Å². The molecule has 2 fully saturated rings. The Kier molecular flexibility index (Phi) is 4.05. The molecule has 1 aliphatic heterocycles. The molecule has 1 aliphatic carbocycles. The fourth-order valence-corrected chi connectivity index (χ4v) is 3.75. The average Bonchev–Trinajstić information content (AvgIpc) is 2.46. The van der Waals surface area contributed by atoms with Crippen LogP contribution in [0.1, 0.15) is 44.3 Å². The molecule has 1 saturated carbocycles. The van der Waals surface area contributed by atoms with Crippen molar-refractivity contribution in [2.75, 3.05) is 24.3 Å². The molecular weight excluding hydrogens is 252 g/mol. The Bertz CT molecular complexity index is 463. The summed E-state index contributed by atoms with van der Waals surface area (Å²) < 4.78 is 5.13. The summed E-state index contributed by atoms with van der Waals surface area (Å²) in [4.78, 5) is 11.3. The van der Waals surface area contributed by atoms with E-state index in [0.29, 0.717) is 24.3 Å². The fraction of sp³-hybridized carbons (Fsp3) is 0.733. The molecule has 2 aliphatic rings. The first-order valence-corrected chi connectivity index (χ1v) is 7.67. The number of hydrogen-bond acceptors (Lipinski definition) is 5. The summed E-state index contributed by atoms with van der Waals surface area (Å²) >= 11 is 0. The van der Waals surface area contributed by atoms with E-state index in [1.807, 2.05) is 6.07 Å². The molecule has 1 aromatic heterocycles. The van der Waals surface area contributed by atoms with Crippen molar-refractivity contribution in [2.45, 2.75) is 51.2 Å². The zero-order chi connectivity index (χ0) is 13.9. The van der Waals surface area contributed by atoms with E-state index in [0.717, 1.165) is 18.3 Å². The van der Waals surface area contributed by atoms with Crippen LogP contribution in [0.4, 0.5) is 11.6 Å². The maximum Gasteiger partial charge on any atom is 0.158 e. The Hall–Kier alpha value is -1.36. The van der Waals surface area contributed by atoms with Crippen molar-refractivity contribution in [3.63, 3.8) is 0 Å². The van der Waals surface area contributed by atoms with Crippen LogP contribution in [0.5, 0.6) is 0 Å². The van der Waals surface area contributed by atoms with Crippen molar-refractivity contribution in [1.82, 2.24) is 9.97 Å². The van der Waals surface area contributed by atoms with Gasteiger partial charge in [0.05, 0.1) is 0 Å². The van der Waals surface area contributed by atoms with Crippen LogP contribution >= 0.6 is 0 Å². The largest absolute Gasteiger partial charge is 0.384 e. The molecule has 2 atom stereocenters. The maximum absolute atomic E-state index is 5.93. The number of rotatable bonds is 3. The third-order valence-corrected chi connectivity index (χ3v) is 4.59. The highest BCUT2D eigenvalue weighted by Gasteiger charge is 2.34. The van der Waals surface area contributed by atoms with Gasteiger partial charge in [-0.3, -0.25) is 0 Å². The Labute approximate surface area is 120 Å². The Balaban J connectivity index is 1.86. The van der Waals surface area contributed by atoms with Gasteiger partial charge in [0, 0.05) is 25.8 Å². The van der Waals surface area contributed by atoms with Gasteiger partial charge < -0.3 is 15.4 Å². The van der Waals surface area contributed by atoms with E-state index in [4.69, 9.17) is 10.5 Å². The lowest BCUT2D eigenvalue weighted by Crippen LogP contribution is -2.47. The molecule has 3 rings (SSSR count). The summed E-state index contributed by atoms with van der Waals surface area (Å²) in [6.07, 6.45) is 8.00. The van der Waals surface area contributed by atoms with Crippen molar-refractivity contribution >= 4 is 11.6 Å². The lowest BCUT2D eigenvalue weighted by molar-refractivity contribution is 0.177. The van der Waals surface area contributed by atoms with Crippen LogP contribution in [0.15, 0.2) is 6.07 Å². The number of piperidine rings is 1. The van der Waals surface area contributed by atoms with Crippen molar-refractivity contribution in [1.29, 1.82) is 0 Å². The minimum absolute atomic E-state index is 0.417. The second-order valence-electron chi connectivity index (χ2n) is 5.95. The van der Waals surface area contributed by atoms with Crippen LogP contribution in [-0.4, -0.2) is 29.7 Å². The number of anilines is 2. The monoisotopic (exact) mass is 276 g/mol. The molecule has 2 heterocycles. The predicted molar refractivity (Wildman–Crippen MR) is 79.5 cm³/mol. The molecule has 5 heteroatoms. The standard InChI is InChI=1S/C15H24N4O/c1-20-10-14-17-13(16)9-15(18-14)19-8-4-6-11-5-2-3-7-12(11)19/h9,11-12H,2-8,10H2,1H3,(H2,16,17,18). The average molecular weight is 276 g/mol. The lowest BCUT2D eigenvalue weighted by Gasteiger charge is -2.44. The van der Waals surface area contributed by atoms with Gasteiger partial charge in [0.15, 0.2) is 5.82 Å². The number of nitrogen functional groups attached to an aromatic ring is 1. The van der Waals surface area contributed by atoms with Crippen LogP contribution in [0.2, 0.25) is 0 Å². The number of nitrogens with two attached hydrogens (primary N) is 1. The third kappa shape index (κ3) is 2.73. The quantitative estimate of drug-likeness (QED) is 0.918. The fourth-order valence-electron chi connectivity index (χ4n) is 3.75. The van der Waals surface area contributed by atoms with Crippen LogP contribution < -0.4 is 10.6 Å². The van der Waals surface area contributed by atoms with Crippen molar-refractivity contribution in [2.24, 2.45) is 5.92 Å². The zero-order valence-corrected chi connectivity index (χ0v) is 12.2. The minimum atomic E-state index is 0.417. The molecule has 5 nitrogen and oxygen atoms in total. The number of nitrogens with zero attached hydrogens (tertiary/aromatic N) is 3. The molecule has 2 unspecified atom stereocenters. The van der Waals surface area contributed by atoms with Gasteiger partial charge in [-0.25, -0.2) is 9.97 Å². The van der Waals surface area contributed by atoms with Crippen LogP contribution in [0.25, 0.3) is 0 Å². The summed E-state index contributed by atoms with van der Waals surface area (Å²) in [5, 5.41) is 0. The van der Waals surface area contributed by atoms with E-state index in [2.05, 4.69) is 14.9 Å². The molecule has 110 valence electrons. The van der Waals surface area contributed by atoms with Gasteiger partial charge >= 0.3 is 0 Å². The first-order valence-electron chi connectivity index (χ1n) is 7.67. The van der Waals surface area contributed by atoms with Gasteiger partial charge in [-0.2, -0.15) is 0 Å². The SMILES string of the molecule is COCc1nc(N)cc(N2CCCC3CCCCC32)n1. The van der Waals surface area contributed by atoms with Gasteiger partial charge in [-0.1, -0.05) is 12.8 Å². The minimum Gasteiger partial charge on any atom is -0.384 e. The van der Waals surface area contributed by atoms with Gasteiger partial charge in [0.25, 0.3) is 0 Å². The Morgan fingerprint density at radius 1 is 1.25 bits per heavy atom. The molecule has 0 bridgehead atoms. The smallest absolute Gasteiger partial charge is 0.158 e. The third-order valence-electron chi connectivity index (χ3n) is 4.59. The molecule has 20 heavy (non-hydrogen) atoms. The highest BCUT2D eigenvalue weighted by Crippen LogP contribution is 2.37. The number of ether oxygens (including phenoxy) is 1. The highest BCUT2D eigenvalue weighted by molar-refractivity contribution is 5.48. The summed E-state index contributed by atoms with van der Waals surface area (Å²) in [6.45, 7) is 1.50. The molecule has 2 N–H and O–H groups in total. The first-order chi connectivity index (χ1) is 9.78. The Morgan fingerprint density at radius 3 is 2.90 bits per heavy atom. The second kappa shape index (κ2) is 5.95. The zero-order valence-electron chi connectivity index (χ0n) is 12.2. The van der Waals surface area contributed by atoms with Crippen molar-refractivity contribution in [3.8, 4) is 0 Å². The number of aromatic nitrogens is 2. The molecule has 1 aromatic rings. The topological polar surface area (TPSA) is 64.3 Å². The van der Waals surface area contributed by atoms with Crippen molar-refractivity contribution < 1.29 is 4.74 Å². The summed E-state index contributed by atoms with van der Waals surface area (Å²) in [7, 11) is 1.66. The highest BCUT2D eigenvalue weighted by atomic mass is 16.5. The van der Waals surface area contributed by atoms with E-state index >= 15 is 0 Å². The molecule has 0 amide bonds. The van der Waals surface area contributed by atoms with Crippen LogP contribution in [-0.2, 0) is 11.3 Å². The normalized spacial score (nSPS) is 26.4. The maximum atomic E-state index is 5.93. The van der Waals surface area contributed by atoms with Crippen LogP contribution in [0, 0.1) is 5.92 Å². The summed E-state index contributed by atoms with van der Waals surface area (Å²) in [6, 6.07) is 2.55. The summed E-state index contributed by atoms with van der Waals surface area (Å²) in [5.41, 5.74) is 5.93. The number of methoxy groups -OCH3 is 1. The Morgan fingerprint density at radius 2 is 2.05 bits per heavy atom. The number of hydrogen-bond donors (Lipinski definition) is 1. The predicted octanol–water partition coefficient (Wildman–Crippen LogP) is 2.36.